The van der Waals surface area contributed by atoms with Crippen molar-refractivity contribution in [2.24, 2.45) is 0 Å². The molecule has 0 saturated carbocycles. The highest BCUT2D eigenvalue weighted by Gasteiger charge is 1.92. The summed E-state index contributed by atoms with van der Waals surface area (Å²) in [6, 6.07) is 15.3. The lowest BCUT2D eigenvalue weighted by Crippen LogP contribution is -2.00. The molecule has 1 unspecified atom stereocenters. The predicted octanol–water partition coefficient (Wildman–Crippen LogP) is 3.27. The van der Waals surface area contributed by atoms with Crippen LogP contribution in [-0.2, 0) is 6.52 Å². The molecular weight excluding hydrogens is 190 g/mol. The summed E-state index contributed by atoms with van der Waals surface area (Å²) in [5.74, 6) is 0. The molecule has 0 N–H and O–H groups in total. The summed E-state index contributed by atoms with van der Waals surface area (Å²) in [6.45, 7) is -0.458. The maximum Gasteiger partial charge on any atom is 0.106 e. The molecule has 2 rings (SSSR count). The standard InChI is InChI=1S/C12H11NS/c14-12-8-4-5-9-13(12)10-11-6-2-1-3-7-11/h1-9H,10H2/i10D. The van der Waals surface area contributed by atoms with Gasteiger partial charge in [-0.2, -0.15) is 0 Å². The molecule has 0 aliphatic rings. The van der Waals surface area contributed by atoms with Crippen molar-refractivity contribution in [2.45, 2.75) is 6.52 Å². The minimum atomic E-state index is -0.458. The first-order valence-electron chi connectivity index (χ1n) is 5.01. The normalized spacial score (nSPS) is 13.3. The number of hydrogen-bond donors (Lipinski definition) is 0. The van der Waals surface area contributed by atoms with Crippen molar-refractivity contribution >= 4 is 12.2 Å². The predicted molar refractivity (Wildman–Crippen MR) is 60.8 cm³/mol. The van der Waals surface area contributed by atoms with Crippen LogP contribution in [0.4, 0.5) is 0 Å². The van der Waals surface area contributed by atoms with Crippen LogP contribution < -0.4 is 0 Å². The van der Waals surface area contributed by atoms with Crippen LogP contribution in [0.3, 0.4) is 0 Å². The van der Waals surface area contributed by atoms with Gasteiger partial charge in [-0.3, -0.25) is 0 Å². The van der Waals surface area contributed by atoms with E-state index in [2.05, 4.69) is 0 Å². The summed E-state index contributed by atoms with van der Waals surface area (Å²) in [4.78, 5) is 0. The van der Waals surface area contributed by atoms with Crippen LogP contribution in [0.15, 0.2) is 54.7 Å². The summed E-state index contributed by atoms with van der Waals surface area (Å²) < 4.78 is 10.5. The highest BCUT2D eigenvalue weighted by atomic mass is 32.1. The summed E-state index contributed by atoms with van der Waals surface area (Å²) in [5.41, 5.74) is 0.944. The van der Waals surface area contributed by atoms with Gasteiger partial charge in [0.05, 0.1) is 1.37 Å². The van der Waals surface area contributed by atoms with Crippen LogP contribution in [0.2, 0.25) is 0 Å². The van der Waals surface area contributed by atoms with Gasteiger partial charge in [-0.25, -0.2) is 0 Å². The number of rotatable bonds is 2. The Morgan fingerprint density at radius 2 is 1.79 bits per heavy atom. The van der Waals surface area contributed by atoms with Gasteiger partial charge in [0, 0.05) is 12.7 Å². The van der Waals surface area contributed by atoms with Crippen LogP contribution >= 0.6 is 12.2 Å². The summed E-state index contributed by atoms with van der Waals surface area (Å²) in [5, 5.41) is 0. The molecule has 2 aromatic rings. The lowest BCUT2D eigenvalue weighted by Gasteiger charge is -2.05. The number of pyridine rings is 1. The third-order valence-corrected chi connectivity index (χ3v) is 2.29. The zero-order valence-corrected chi connectivity index (χ0v) is 8.45. The van der Waals surface area contributed by atoms with Gasteiger partial charge >= 0.3 is 0 Å². The Hall–Kier alpha value is -1.41. The first-order valence-corrected chi connectivity index (χ1v) is 4.84. The van der Waals surface area contributed by atoms with Gasteiger partial charge in [-0.1, -0.05) is 48.6 Å². The highest BCUT2D eigenvalue weighted by molar-refractivity contribution is 7.71. The lowest BCUT2D eigenvalue weighted by atomic mass is 10.2. The quantitative estimate of drug-likeness (QED) is 0.677. The molecule has 1 aromatic heterocycles. The molecule has 2 heteroatoms. The summed E-state index contributed by atoms with van der Waals surface area (Å²) in [7, 11) is 0. The molecule has 70 valence electrons. The molecule has 1 heterocycles. The zero-order valence-electron chi connectivity index (χ0n) is 8.63. The average Bonchev–Trinajstić information content (AvgIpc) is 2.30. The summed E-state index contributed by atoms with van der Waals surface area (Å²) in [6.07, 6.45) is 1.84. The first-order chi connectivity index (χ1) is 7.29. The van der Waals surface area contributed by atoms with Gasteiger partial charge in [0.2, 0.25) is 0 Å². The van der Waals surface area contributed by atoms with E-state index >= 15 is 0 Å². The fraction of sp³-hybridized carbons (Fsp3) is 0.0833. The minimum absolute atomic E-state index is 0.458. The molecule has 1 atom stereocenters. The van der Waals surface area contributed by atoms with Crippen molar-refractivity contribution in [1.82, 2.24) is 4.57 Å². The molecule has 1 nitrogen and oxygen atoms in total. The fourth-order valence-electron chi connectivity index (χ4n) is 1.25. The molecule has 0 aliphatic heterocycles. The van der Waals surface area contributed by atoms with Crippen LogP contribution in [0.1, 0.15) is 6.93 Å². The Labute approximate surface area is 90.0 Å². The Morgan fingerprint density at radius 1 is 1.07 bits per heavy atom. The van der Waals surface area contributed by atoms with E-state index < -0.39 is 6.52 Å². The van der Waals surface area contributed by atoms with Gasteiger partial charge in [-0.05, 0) is 17.7 Å². The van der Waals surface area contributed by atoms with E-state index in [0.29, 0.717) is 4.64 Å². The molecule has 14 heavy (non-hydrogen) atoms. The monoisotopic (exact) mass is 202 g/mol. The van der Waals surface area contributed by atoms with E-state index in [1.165, 1.54) is 0 Å². The second-order valence-corrected chi connectivity index (χ2v) is 3.40. The SMILES string of the molecule is [2H]C(c1ccccc1)n1ccccc1=S. The van der Waals surface area contributed by atoms with Crippen LogP contribution in [0.25, 0.3) is 0 Å². The van der Waals surface area contributed by atoms with Gasteiger partial charge < -0.3 is 4.57 Å². The van der Waals surface area contributed by atoms with Gasteiger partial charge in [0.15, 0.2) is 0 Å². The molecule has 0 fully saturated rings. The van der Waals surface area contributed by atoms with Crippen LogP contribution in [0, 0.1) is 4.64 Å². The Kier molecular flexibility index (Phi) is 2.38. The number of hydrogen-bond acceptors (Lipinski definition) is 1. The Bertz CT molecular complexity index is 492. The van der Waals surface area contributed by atoms with Gasteiger partial charge in [0.25, 0.3) is 0 Å². The van der Waals surface area contributed by atoms with E-state index in [1.807, 2.05) is 54.7 Å². The molecule has 0 saturated heterocycles. The number of aromatic nitrogens is 1. The van der Waals surface area contributed by atoms with Crippen molar-refractivity contribution in [3.63, 3.8) is 0 Å². The number of benzene rings is 1. The number of nitrogens with zero attached hydrogens (tertiary/aromatic N) is 1. The summed E-state index contributed by atoms with van der Waals surface area (Å²) >= 11 is 5.17. The molecule has 0 spiro atoms. The molecule has 0 radical (unpaired) electrons. The van der Waals surface area contributed by atoms with E-state index in [9.17, 15) is 0 Å². The maximum absolute atomic E-state index is 8.09. The van der Waals surface area contributed by atoms with Crippen molar-refractivity contribution in [2.75, 3.05) is 0 Å². The smallest absolute Gasteiger partial charge is 0.106 e. The van der Waals surface area contributed by atoms with E-state index in [1.54, 1.807) is 4.57 Å². The Balaban J connectivity index is 2.42. The minimum Gasteiger partial charge on any atom is -0.335 e. The van der Waals surface area contributed by atoms with Crippen LogP contribution in [-0.4, -0.2) is 4.57 Å². The molecule has 0 bridgehead atoms. The van der Waals surface area contributed by atoms with Crippen LogP contribution in [0.5, 0.6) is 0 Å². The van der Waals surface area contributed by atoms with Gasteiger partial charge in [0.1, 0.15) is 4.64 Å². The highest BCUT2D eigenvalue weighted by Crippen LogP contribution is 2.03. The topological polar surface area (TPSA) is 4.93 Å². The molecule has 1 aromatic carbocycles. The molecule has 0 aliphatic carbocycles. The third kappa shape index (κ3) is 2.09. The van der Waals surface area contributed by atoms with Crippen molar-refractivity contribution < 1.29 is 1.37 Å². The maximum atomic E-state index is 8.09. The van der Waals surface area contributed by atoms with Crippen molar-refractivity contribution in [3.8, 4) is 0 Å². The van der Waals surface area contributed by atoms with E-state index in [4.69, 9.17) is 13.6 Å². The molecule has 0 amide bonds. The molecular formula is C12H11NS. The third-order valence-electron chi connectivity index (χ3n) is 1.94. The van der Waals surface area contributed by atoms with E-state index in [0.717, 1.165) is 5.56 Å². The average molecular weight is 202 g/mol. The lowest BCUT2D eigenvalue weighted by molar-refractivity contribution is 0.779. The second kappa shape index (κ2) is 4.20. The van der Waals surface area contributed by atoms with Gasteiger partial charge in [-0.15, -0.1) is 0 Å². The fourth-order valence-corrected chi connectivity index (χ4v) is 1.44. The Morgan fingerprint density at radius 3 is 2.50 bits per heavy atom. The van der Waals surface area contributed by atoms with E-state index in [-0.39, 0.29) is 0 Å². The second-order valence-electron chi connectivity index (χ2n) is 2.99. The first kappa shape index (κ1) is 7.94. The van der Waals surface area contributed by atoms with Crippen molar-refractivity contribution in [1.29, 1.82) is 0 Å². The zero-order chi connectivity index (χ0) is 10.7. The largest absolute Gasteiger partial charge is 0.335 e. The van der Waals surface area contributed by atoms with Crippen molar-refractivity contribution in [3.05, 3.63) is 64.9 Å².